The number of hydrogen-bond acceptors (Lipinski definition) is 5. The van der Waals surface area contributed by atoms with Gasteiger partial charge in [0, 0.05) is 23.4 Å². The lowest BCUT2D eigenvalue weighted by Crippen LogP contribution is -2.40. The number of rotatable bonds is 9. The maximum Gasteiger partial charge on any atom is 0.243 e. The van der Waals surface area contributed by atoms with Crippen LogP contribution in [0.2, 0.25) is 0 Å². The van der Waals surface area contributed by atoms with E-state index in [1.807, 2.05) is 49.4 Å². The molecule has 1 aliphatic heterocycles. The van der Waals surface area contributed by atoms with E-state index in [0.29, 0.717) is 0 Å². The first-order chi connectivity index (χ1) is 15.0. The Morgan fingerprint density at radius 3 is 2.65 bits per heavy atom. The van der Waals surface area contributed by atoms with E-state index in [9.17, 15) is 9.59 Å². The topological polar surface area (TPSA) is 79.9 Å². The lowest BCUT2D eigenvalue weighted by atomic mass is 10.0. The Morgan fingerprint density at radius 1 is 1.10 bits per heavy atom. The zero-order valence-electron chi connectivity index (χ0n) is 18.4. The van der Waals surface area contributed by atoms with Gasteiger partial charge in [0.15, 0.2) is 0 Å². The van der Waals surface area contributed by atoms with E-state index in [2.05, 4.69) is 15.5 Å². The molecule has 0 bridgehead atoms. The van der Waals surface area contributed by atoms with Crippen LogP contribution in [-0.4, -0.2) is 50.6 Å². The van der Waals surface area contributed by atoms with Crippen LogP contribution < -0.4 is 20.1 Å². The Labute approximate surface area is 183 Å². The first-order valence-corrected chi connectivity index (χ1v) is 10.7. The number of ether oxygens (including phenoxy) is 2. The molecule has 1 aliphatic rings. The molecule has 1 heterocycles. The number of methoxy groups -OCH3 is 2. The molecule has 7 heteroatoms. The molecule has 0 saturated carbocycles. The van der Waals surface area contributed by atoms with Crippen molar-refractivity contribution in [3.05, 3.63) is 53.6 Å². The van der Waals surface area contributed by atoms with E-state index in [4.69, 9.17) is 9.47 Å². The van der Waals surface area contributed by atoms with Crippen molar-refractivity contribution in [3.8, 4) is 11.5 Å². The Bertz CT molecular complexity index is 915. The Kier molecular flexibility index (Phi) is 7.89. The molecule has 2 amide bonds. The van der Waals surface area contributed by atoms with Gasteiger partial charge in [-0.05, 0) is 43.5 Å². The van der Waals surface area contributed by atoms with Crippen molar-refractivity contribution in [1.82, 2.24) is 10.2 Å². The Morgan fingerprint density at radius 2 is 1.90 bits per heavy atom. The van der Waals surface area contributed by atoms with Crippen molar-refractivity contribution in [2.45, 2.75) is 32.2 Å². The highest BCUT2D eigenvalue weighted by molar-refractivity contribution is 5.95. The molecule has 2 aromatic carbocycles. The van der Waals surface area contributed by atoms with Crippen LogP contribution in [0.25, 0.3) is 0 Å². The summed E-state index contributed by atoms with van der Waals surface area (Å²) in [6, 6.07) is 13.5. The first-order valence-electron chi connectivity index (χ1n) is 10.7. The second-order valence-corrected chi connectivity index (χ2v) is 7.57. The summed E-state index contributed by atoms with van der Waals surface area (Å²) in [6.07, 6.45) is 2.78. The monoisotopic (exact) mass is 425 g/mol. The van der Waals surface area contributed by atoms with Crippen LogP contribution in [0.5, 0.6) is 11.5 Å². The van der Waals surface area contributed by atoms with Gasteiger partial charge >= 0.3 is 0 Å². The summed E-state index contributed by atoms with van der Waals surface area (Å²) in [4.78, 5) is 26.9. The van der Waals surface area contributed by atoms with Gasteiger partial charge in [-0.1, -0.05) is 31.2 Å². The summed E-state index contributed by atoms with van der Waals surface area (Å²) in [5, 5.41) is 5.62. The molecule has 1 saturated heterocycles. The van der Waals surface area contributed by atoms with E-state index < -0.39 is 0 Å². The number of nitrogens with one attached hydrogen (secondary N) is 2. The minimum Gasteiger partial charge on any atom is -0.497 e. The highest BCUT2D eigenvalue weighted by Gasteiger charge is 2.30. The van der Waals surface area contributed by atoms with Crippen molar-refractivity contribution < 1.29 is 19.1 Å². The molecule has 1 atom stereocenters. The normalized spacial score (nSPS) is 16.0. The lowest BCUT2D eigenvalue weighted by molar-refractivity contribution is -0.125. The van der Waals surface area contributed by atoms with E-state index in [-0.39, 0.29) is 30.9 Å². The zero-order valence-corrected chi connectivity index (χ0v) is 18.4. The molecule has 3 rings (SSSR count). The predicted octanol–water partition coefficient (Wildman–Crippen LogP) is 3.16. The van der Waals surface area contributed by atoms with Crippen molar-refractivity contribution in [2.75, 3.05) is 39.2 Å². The summed E-state index contributed by atoms with van der Waals surface area (Å²) in [6.45, 7) is 3.04. The average Bonchev–Trinajstić information content (AvgIpc) is 3.25. The molecular weight excluding hydrogens is 394 g/mol. The molecule has 0 radical (unpaired) electrons. The first kappa shape index (κ1) is 22.6. The number of amides is 2. The van der Waals surface area contributed by atoms with Crippen molar-refractivity contribution in [3.63, 3.8) is 0 Å². The summed E-state index contributed by atoms with van der Waals surface area (Å²) < 4.78 is 10.8. The van der Waals surface area contributed by atoms with Gasteiger partial charge in [-0.15, -0.1) is 0 Å². The summed E-state index contributed by atoms with van der Waals surface area (Å²) in [5.41, 5.74) is 2.90. The third-order valence-electron chi connectivity index (χ3n) is 5.63. The number of carbonyl (C=O) groups excluding carboxylic acids is 2. The largest absolute Gasteiger partial charge is 0.497 e. The van der Waals surface area contributed by atoms with Gasteiger partial charge in [0.1, 0.15) is 11.5 Å². The van der Waals surface area contributed by atoms with Crippen LogP contribution >= 0.6 is 0 Å². The SMILES string of the molecule is CCc1ccccc1NC(=O)CNC(=O)CN1CCC[C@@H]1c1ccc(OC)cc1OC. The molecule has 0 aromatic heterocycles. The van der Waals surface area contributed by atoms with Crippen molar-refractivity contribution in [1.29, 1.82) is 0 Å². The van der Waals surface area contributed by atoms with Crippen LogP contribution in [0, 0.1) is 0 Å². The fourth-order valence-electron chi connectivity index (χ4n) is 4.03. The van der Waals surface area contributed by atoms with E-state index in [1.54, 1.807) is 14.2 Å². The lowest BCUT2D eigenvalue weighted by Gasteiger charge is -2.25. The van der Waals surface area contributed by atoms with Gasteiger partial charge in [0.05, 0.1) is 27.3 Å². The summed E-state index contributed by atoms with van der Waals surface area (Å²) in [5.74, 6) is 1.09. The summed E-state index contributed by atoms with van der Waals surface area (Å²) >= 11 is 0. The number of para-hydroxylation sites is 1. The van der Waals surface area contributed by atoms with Crippen molar-refractivity contribution in [2.24, 2.45) is 0 Å². The maximum absolute atomic E-state index is 12.5. The van der Waals surface area contributed by atoms with E-state index >= 15 is 0 Å². The minimum atomic E-state index is -0.232. The molecule has 2 N–H and O–H groups in total. The van der Waals surface area contributed by atoms with Crippen LogP contribution in [0.4, 0.5) is 5.69 Å². The predicted molar refractivity (Wildman–Crippen MR) is 121 cm³/mol. The average molecular weight is 426 g/mol. The van der Waals surface area contributed by atoms with Gasteiger partial charge in [-0.25, -0.2) is 0 Å². The highest BCUT2D eigenvalue weighted by atomic mass is 16.5. The molecule has 1 fully saturated rings. The number of likely N-dealkylation sites (tertiary alicyclic amines) is 1. The number of hydrogen-bond donors (Lipinski definition) is 2. The van der Waals surface area contributed by atoms with Gasteiger partial charge in [0.25, 0.3) is 0 Å². The third-order valence-corrected chi connectivity index (χ3v) is 5.63. The number of aryl methyl sites for hydroxylation is 1. The third kappa shape index (κ3) is 5.76. The maximum atomic E-state index is 12.5. The molecule has 7 nitrogen and oxygen atoms in total. The zero-order chi connectivity index (χ0) is 22.2. The highest BCUT2D eigenvalue weighted by Crippen LogP contribution is 2.38. The van der Waals surface area contributed by atoms with Gasteiger partial charge in [0.2, 0.25) is 11.8 Å². The minimum absolute atomic E-state index is 0.0543. The Hall–Kier alpha value is -3.06. The van der Waals surface area contributed by atoms with Crippen LogP contribution in [0.1, 0.15) is 36.9 Å². The molecule has 166 valence electrons. The number of carbonyl (C=O) groups is 2. The van der Waals surface area contributed by atoms with Gasteiger partial charge in [-0.3, -0.25) is 14.5 Å². The second kappa shape index (κ2) is 10.8. The summed E-state index contributed by atoms with van der Waals surface area (Å²) in [7, 11) is 3.26. The number of anilines is 1. The second-order valence-electron chi connectivity index (χ2n) is 7.57. The van der Waals surface area contributed by atoms with Crippen LogP contribution in [0.15, 0.2) is 42.5 Å². The van der Waals surface area contributed by atoms with E-state index in [0.717, 1.165) is 54.1 Å². The molecule has 2 aromatic rings. The van der Waals surface area contributed by atoms with Crippen molar-refractivity contribution >= 4 is 17.5 Å². The Balaban J connectivity index is 1.56. The molecule has 0 aliphatic carbocycles. The smallest absolute Gasteiger partial charge is 0.243 e. The quantitative estimate of drug-likeness (QED) is 0.645. The number of benzene rings is 2. The van der Waals surface area contributed by atoms with Crippen LogP contribution in [0.3, 0.4) is 0 Å². The molecule has 31 heavy (non-hydrogen) atoms. The van der Waals surface area contributed by atoms with Gasteiger partial charge in [-0.2, -0.15) is 0 Å². The van der Waals surface area contributed by atoms with Gasteiger partial charge < -0.3 is 20.1 Å². The molecule has 0 spiro atoms. The fraction of sp³-hybridized carbons (Fsp3) is 0.417. The molecule has 0 unspecified atom stereocenters. The fourth-order valence-corrected chi connectivity index (χ4v) is 4.03. The standard InChI is InChI=1S/C24H31N3O4/c1-4-17-8-5-6-9-20(17)26-23(28)15-25-24(29)16-27-13-7-10-21(27)19-12-11-18(30-2)14-22(19)31-3/h5-6,8-9,11-12,14,21H,4,7,10,13,15-16H2,1-3H3,(H,25,29)(H,26,28)/t21-/m1/s1. The van der Waals surface area contributed by atoms with Crippen LogP contribution in [-0.2, 0) is 16.0 Å². The van der Waals surface area contributed by atoms with E-state index in [1.165, 1.54) is 0 Å². The number of nitrogens with zero attached hydrogens (tertiary/aromatic N) is 1. The molecular formula is C24H31N3O4.